The van der Waals surface area contributed by atoms with Gasteiger partial charge in [0.1, 0.15) is 0 Å². The van der Waals surface area contributed by atoms with E-state index >= 15 is 0 Å². The number of rotatable bonds is 4. The van der Waals surface area contributed by atoms with Crippen LogP contribution in [0.1, 0.15) is 35.6 Å². The largest absolute Gasteiger partial charge is 0.399 e. The average molecular weight is 422 g/mol. The predicted octanol–water partition coefficient (Wildman–Crippen LogP) is 4.49. The van der Waals surface area contributed by atoms with E-state index in [1.165, 1.54) is 0 Å². The van der Waals surface area contributed by atoms with Crippen LogP contribution in [0.25, 0.3) is 0 Å². The van der Waals surface area contributed by atoms with Gasteiger partial charge in [-0.1, -0.05) is 35.3 Å². The van der Waals surface area contributed by atoms with E-state index in [0.717, 1.165) is 30.4 Å². The van der Waals surface area contributed by atoms with Crippen LogP contribution in [-0.2, 0) is 22.2 Å². The minimum atomic E-state index is -3.58. The summed E-state index contributed by atoms with van der Waals surface area (Å²) in [6, 6.07) is 10.3. The van der Waals surface area contributed by atoms with Crippen LogP contribution in [0.15, 0.2) is 36.4 Å². The lowest BCUT2D eigenvalue weighted by Crippen LogP contribution is -2.32. The first-order valence-electron chi connectivity index (χ1n) is 7.67. The highest BCUT2D eigenvalue weighted by atomic mass is 35.5. The Hall–Kier alpha value is -0.980. The van der Waals surface area contributed by atoms with E-state index in [9.17, 15) is 8.42 Å². The van der Waals surface area contributed by atoms with E-state index < -0.39 is 10.0 Å². The SMILES string of the molecule is Cl.Nc1ccc2c(c1)CCCC2NS(=O)(=O)Cc1c(Cl)cccc1Cl. The van der Waals surface area contributed by atoms with E-state index in [4.69, 9.17) is 28.9 Å². The minimum Gasteiger partial charge on any atom is -0.399 e. The van der Waals surface area contributed by atoms with Gasteiger partial charge < -0.3 is 5.73 Å². The van der Waals surface area contributed by atoms with Gasteiger partial charge in [0.05, 0.1) is 5.75 Å². The standard InChI is InChI=1S/C17H18Cl2N2O2S.ClH/c18-15-4-2-5-16(19)14(15)10-24(22,23)21-17-6-1-3-11-9-12(20)7-8-13(11)17;/h2,4-5,7-9,17,21H,1,3,6,10,20H2;1H. The van der Waals surface area contributed by atoms with Crippen molar-refractivity contribution >= 4 is 51.3 Å². The van der Waals surface area contributed by atoms with E-state index in [1.54, 1.807) is 24.3 Å². The van der Waals surface area contributed by atoms with Crippen molar-refractivity contribution in [2.24, 2.45) is 0 Å². The van der Waals surface area contributed by atoms with Crippen LogP contribution in [-0.4, -0.2) is 8.42 Å². The molecule has 3 N–H and O–H groups in total. The lowest BCUT2D eigenvalue weighted by atomic mass is 9.88. The van der Waals surface area contributed by atoms with Gasteiger partial charge in [-0.05, 0) is 54.7 Å². The van der Waals surface area contributed by atoms with Crippen molar-refractivity contribution in [3.05, 3.63) is 63.1 Å². The Kier molecular flexibility index (Phi) is 6.62. The van der Waals surface area contributed by atoms with Crippen LogP contribution in [0, 0.1) is 0 Å². The second-order valence-corrected chi connectivity index (χ2v) is 8.55. The van der Waals surface area contributed by atoms with Gasteiger partial charge in [-0.2, -0.15) is 0 Å². The molecule has 0 saturated heterocycles. The number of nitrogen functional groups attached to an aromatic ring is 1. The number of nitrogens with one attached hydrogen (secondary N) is 1. The predicted molar refractivity (Wildman–Crippen MR) is 106 cm³/mol. The molecule has 0 aromatic heterocycles. The first-order chi connectivity index (χ1) is 11.4. The zero-order valence-electron chi connectivity index (χ0n) is 13.3. The minimum absolute atomic E-state index is 0. The molecule has 2 aromatic rings. The first kappa shape index (κ1) is 20.3. The Morgan fingerprint density at radius 3 is 2.52 bits per heavy atom. The number of anilines is 1. The summed E-state index contributed by atoms with van der Waals surface area (Å²) in [7, 11) is -3.58. The highest BCUT2D eigenvalue weighted by Crippen LogP contribution is 2.32. The van der Waals surface area contributed by atoms with Crippen molar-refractivity contribution in [3.8, 4) is 0 Å². The zero-order chi connectivity index (χ0) is 17.3. The summed E-state index contributed by atoms with van der Waals surface area (Å²) >= 11 is 12.2. The fourth-order valence-electron chi connectivity index (χ4n) is 3.08. The second kappa shape index (κ2) is 8.14. The summed E-state index contributed by atoms with van der Waals surface area (Å²) in [5, 5.41) is 0.703. The Labute approximate surface area is 164 Å². The molecule has 1 aliphatic rings. The first-order valence-corrected chi connectivity index (χ1v) is 10.1. The molecule has 0 spiro atoms. The molecule has 1 atom stereocenters. The van der Waals surface area contributed by atoms with Crippen molar-refractivity contribution in [2.75, 3.05) is 5.73 Å². The highest BCUT2D eigenvalue weighted by Gasteiger charge is 2.26. The Morgan fingerprint density at radius 2 is 1.84 bits per heavy atom. The van der Waals surface area contributed by atoms with Crippen LogP contribution in [0.5, 0.6) is 0 Å². The second-order valence-electron chi connectivity index (χ2n) is 5.98. The van der Waals surface area contributed by atoms with Gasteiger partial charge >= 0.3 is 0 Å². The van der Waals surface area contributed by atoms with E-state index in [1.807, 2.05) is 12.1 Å². The molecule has 0 fully saturated rings. The van der Waals surface area contributed by atoms with Gasteiger partial charge in [-0.15, -0.1) is 12.4 Å². The maximum Gasteiger partial charge on any atom is 0.216 e. The van der Waals surface area contributed by atoms with Crippen molar-refractivity contribution in [1.29, 1.82) is 0 Å². The van der Waals surface area contributed by atoms with Gasteiger partial charge in [-0.25, -0.2) is 13.1 Å². The molecular formula is C17H19Cl3N2O2S. The third kappa shape index (κ3) is 4.80. The molecule has 1 aliphatic carbocycles. The summed E-state index contributed by atoms with van der Waals surface area (Å²) in [4.78, 5) is 0. The number of sulfonamides is 1. The molecule has 0 heterocycles. The van der Waals surface area contributed by atoms with Crippen LogP contribution >= 0.6 is 35.6 Å². The molecule has 0 radical (unpaired) electrons. The van der Waals surface area contributed by atoms with E-state index in [2.05, 4.69) is 4.72 Å². The maximum absolute atomic E-state index is 12.6. The zero-order valence-corrected chi connectivity index (χ0v) is 16.5. The molecule has 8 heteroatoms. The third-order valence-electron chi connectivity index (χ3n) is 4.20. The van der Waals surface area contributed by atoms with Gasteiger partial charge in [0, 0.05) is 27.3 Å². The monoisotopic (exact) mass is 420 g/mol. The molecule has 0 bridgehead atoms. The summed E-state index contributed by atoms with van der Waals surface area (Å²) in [5.41, 5.74) is 9.03. The van der Waals surface area contributed by atoms with Gasteiger partial charge in [-0.3, -0.25) is 0 Å². The van der Waals surface area contributed by atoms with Gasteiger partial charge in [0.25, 0.3) is 0 Å². The fourth-order valence-corrected chi connectivity index (χ4v) is 5.22. The molecule has 0 aliphatic heterocycles. The number of hydrogen-bond donors (Lipinski definition) is 2. The van der Waals surface area contributed by atoms with E-state index in [0.29, 0.717) is 21.3 Å². The molecule has 4 nitrogen and oxygen atoms in total. The molecule has 1 unspecified atom stereocenters. The van der Waals surface area contributed by atoms with Gasteiger partial charge in [0.15, 0.2) is 0 Å². The van der Waals surface area contributed by atoms with Gasteiger partial charge in [0.2, 0.25) is 10.0 Å². The van der Waals surface area contributed by atoms with Crippen molar-refractivity contribution < 1.29 is 8.42 Å². The molecular weight excluding hydrogens is 403 g/mol. The number of nitrogens with two attached hydrogens (primary N) is 1. The number of benzene rings is 2. The van der Waals surface area contributed by atoms with Crippen molar-refractivity contribution in [1.82, 2.24) is 4.72 Å². The number of halogens is 3. The van der Waals surface area contributed by atoms with Crippen LogP contribution in [0.2, 0.25) is 10.0 Å². The molecule has 136 valence electrons. The van der Waals surface area contributed by atoms with Crippen LogP contribution in [0.4, 0.5) is 5.69 Å². The van der Waals surface area contributed by atoms with Crippen LogP contribution in [0.3, 0.4) is 0 Å². The summed E-state index contributed by atoms with van der Waals surface area (Å²) in [6.07, 6.45) is 2.58. The number of fused-ring (bicyclic) bond motifs is 1. The topological polar surface area (TPSA) is 72.2 Å². The Balaban J connectivity index is 0.00000225. The fraction of sp³-hybridized carbons (Fsp3) is 0.294. The third-order valence-corrected chi connectivity index (χ3v) is 6.22. The lowest BCUT2D eigenvalue weighted by Gasteiger charge is -2.26. The summed E-state index contributed by atoms with van der Waals surface area (Å²) < 4.78 is 28.0. The summed E-state index contributed by atoms with van der Waals surface area (Å²) in [5.74, 6) is -0.244. The Morgan fingerprint density at radius 1 is 1.16 bits per heavy atom. The highest BCUT2D eigenvalue weighted by molar-refractivity contribution is 7.88. The maximum atomic E-state index is 12.6. The Bertz CT molecular complexity index is 852. The van der Waals surface area contributed by atoms with Crippen molar-refractivity contribution in [3.63, 3.8) is 0 Å². The van der Waals surface area contributed by atoms with Crippen molar-refractivity contribution in [2.45, 2.75) is 31.1 Å². The van der Waals surface area contributed by atoms with E-state index in [-0.39, 0.29) is 24.2 Å². The molecule has 0 amide bonds. The number of hydrogen-bond acceptors (Lipinski definition) is 3. The lowest BCUT2D eigenvalue weighted by molar-refractivity contribution is 0.507. The molecule has 25 heavy (non-hydrogen) atoms. The molecule has 2 aromatic carbocycles. The molecule has 0 saturated carbocycles. The molecule has 3 rings (SSSR count). The average Bonchev–Trinajstić information content (AvgIpc) is 2.51. The number of aryl methyl sites for hydroxylation is 1. The quantitative estimate of drug-likeness (QED) is 0.714. The van der Waals surface area contributed by atoms with Crippen LogP contribution < -0.4 is 10.5 Å². The summed E-state index contributed by atoms with van der Waals surface area (Å²) in [6.45, 7) is 0. The normalized spacial score (nSPS) is 16.8. The smallest absolute Gasteiger partial charge is 0.216 e.